The van der Waals surface area contributed by atoms with Crippen LogP contribution in [0.25, 0.3) is 10.9 Å². The first-order valence-corrected chi connectivity index (χ1v) is 16.5. The molecule has 15 heteroatoms. The second kappa shape index (κ2) is 11.4. The largest absolute Gasteiger partial charge is 0.378 e. The summed E-state index contributed by atoms with van der Waals surface area (Å²) in [6.45, 7) is 4.71. The molecule has 0 spiro atoms. The summed E-state index contributed by atoms with van der Waals surface area (Å²) in [6, 6.07) is 5.97. The summed E-state index contributed by atoms with van der Waals surface area (Å²) in [5.41, 5.74) is 0.660. The van der Waals surface area contributed by atoms with Gasteiger partial charge in [-0.1, -0.05) is 23.4 Å². The number of urea groups is 1. The van der Waals surface area contributed by atoms with E-state index in [1.54, 1.807) is 45.8 Å². The topological polar surface area (TPSA) is 122 Å². The minimum Gasteiger partial charge on any atom is -0.378 e. The summed E-state index contributed by atoms with van der Waals surface area (Å²) in [5.74, 6) is -0.123. The smallest absolute Gasteiger partial charge is 0.340 e. The van der Waals surface area contributed by atoms with Gasteiger partial charge in [0.2, 0.25) is 5.91 Å². The van der Waals surface area contributed by atoms with Crippen molar-refractivity contribution in [1.82, 2.24) is 29.0 Å². The SMILES string of the molecule is CC1SC2=NN(C(=O)N3CCN(S(=O)(=O)c4cc5cc(Cl)ccc5[nH]4)CC3CC(=O)N3CCOCC3)CCC2N1C. The van der Waals surface area contributed by atoms with E-state index in [1.165, 1.54) is 9.31 Å². The van der Waals surface area contributed by atoms with E-state index < -0.39 is 16.1 Å². The van der Waals surface area contributed by atoms with Crippen molar-refractivity contribution in [3.63, 3.8) is 0 Å². The Morgan fingerprint density at radius 2 is 1.93 bits per heavy atom. The van der Waals surface area contributed by atoms with Gasteiger partial charge in [-0.15, -0.1) is 0 Å². The Labute approximate surface area is 248 Å². The van der Waals surface area contributed by atoms with Crippen LogP contribution in [0, 0.1) is 0 Å². The number of nitrogens with zero attached hydrogens (tertiary/aromatic N) is 6. The van der Waals surface area contributed by atoms with Crippen LogP contribution in [-0.4, -0.2) is 131 Å². The third-order valence-corrected chi connectivity index (χ3v) is 11.6. The molecule has 41 heavy (non-hydrogen) atoms. The summed E-state index contributed by atoms with van der Waals surface area (Å²) >= 11 is 7.76. The molecule has 12 nitrogen and oxygen atoms in total. The Morgan fingerprint density at radius 3 is 2.71 bits per heavy atom. The summed E-state index contributed by atoms with van der Waals surface area (Å²) in [6.07, 6.45) is 0.788. The highest BCUT2D eigenvalue weighted by Crippen LogP contribution is 2.35. The number of thioether (sulfide) groups is 1. The first kappa shape index (κ1) is 28.7. The van der Waals surface area contributed by atoms with Crippen molar-refractivity contribution in [2.45, 2.75) is 42.2 Å². The van der Waals surface area contributed by atoms with Gasteiger partial charge in [0.25, 0.3) is 10.0 Å². The van der Waals surface area contributed by atoms with E-state index in [2.05, 4.69) is 23.9 Å². The van der Waals surface area contributed by atoms with Crippen LogP contribution >= 0.6 is 23.4 Å². The van der Waals surface area contributed by atoms with Crippen LogP contribution in [0.1, 0.15) is 19.8 Å². The van der Waals surface area contributed by atoms with Crippen LogP contribution < -0.4 is 0 Å². The van der Waals surface area contributed by atoms with Crippen LogP contribution in [-0.2, 0) is 19.6 Å². The van der Waals surface area contributed by atoms with E-state index in [4.69, 9.17) is 21.4 Å². The predicted octanol–water partition coefficient (Wildman–Crippen LogP) is 2.28. The Morgan fingerprint density at radius 1 is 1.15 bits per heavy atom. The lowest BCUT2D eigenvalue weighted by atomic mass is 10.1. The Balaban J connectivity index is 1.24. The molecule has 1 aromatic carbocycles. The maximum atomic E-state index is 13.8. The van der Waals surface area contributed by atoms with Crippen molar-refractivity contribution in [2.24, 2.45) is 5.10 Å². The number of aromatic amines is 1. The highest BCUT2D eigenvalue weighted by atomic mass is 35.5. The highest BCUT2D eigenvalue weighted by Gasteiger charge is 2.43. The molecule has 3 saturated heterocycles. The molecule has 222 valence electrons. The molecule has 0 aliphatic carbocycles. The maximum Gasteiger partial charge on any atom is 0.340 e. The molecule has 5 heterocycles. The molecule has 3 fully saturated rings. The normalized spacial score (nSPS) is 26.4. The monoisotopic (exact) mass is 623 g/mol. The number of hydrogen-bond donors (Lipinski definition) is 1. The van der Waals surface area contributed by atoms with Gasteiger partial charge in [0.15, 0.2) is 0 Å². The zero-order valence-corrected chi connectivity index (χ0v) is 25.4. The van der Waals surface area contributed by atoms with Gasteiger partial charge in [0, 0.05) is 61.6 Å². The first-order chi connectivity index (χ1) is 19.6. The molecule has 4 aliphatic heterocycles. The lowest BCUT2D eigenvalue weighted by Crippen LogP contribution is -2.60. The average Bonchev–Trinajstić information content (AvgIpc) is 3.53. The fourth-order valence-electron chi connectivity index (χ4n) is 5.85. The molecule has 3 amide bonds. The van der Waals surface area contributed by atoms with Crippen LogP contribution in [0.2, 0.25) is 5.02 Å². The number of rotatable bonds is 4. The van der Waals surface area contributed by atoms with Crippen LogP contribution in [0.15, 0.2) is 34.4 Å². The number of sulfonamides is 1. The number of ether oxygens (including phenoxy) is 1. The van der Waals surface area contributed by atoms with Gasteiger partial charge in [-0.25, -0.2) is 18.2 Å². The standard InChI is InChI=1S/C26H34ClN7O5S2/c1-17-30(2)22-5-6-34(29-25(22)40-17)26(36)33-8-7-32(16-20(33)15-24(35)31-9-11-39-12-10-31)41(37,38)23-14-18-13-19(27)3-4-21(18)28-23/h3-4,13-14,17,20,22,28H,5-12,15-16H2,1-2H3. The number of aromatic nitrogens is 1. The predicted molar refractivity (Wildman–Crippen MR) is 157 cm³/mol. The van der Waals surface area contributed by atoms with Gasteiger partial charge in [-0.2, -0.15) is 9.41 Å². The highest BCUT2D eigenvalue weighted by molar-refractivity contribution is 8.14. The Hall–Kier alpha value is -2.36. The minimum absolute atomic E-state index is 0.00182. The molecule has 0 saturated carbocycles. The van der Waals surface area contributed by atoms with E-state index in [9.17, 15) is 18.0 Å². The number of amides is 3. The van der Waals surface area contributed by atoms with Crippen molar-refractivity contribution in [3.8, 4) is 0 Å². The summed E-state index contributed by atoms with van der Waals surface area (Å²) in [5, 5.41) is 8.63. The molecule has 2 aromatic rings. The van der Waals surface area contributed by atoms with Gasteiger partial charge in [-0.3, -0.25) is 9.69 Å². The molecule has 1 N–H and O–H groups in total. The number of hydrogen-bond acceptors (Lipinski definition) is 8. The third-order valence-electron chi connectivity index (χ3n) is 8.34. The number of morpholine rings is 1. The number of halogens is 1. The molecule has 3 atom stereocenters. The number of carbonyl (C=O) groups is 2. The molecule has 3 unspecified atom stereocenters. The second-order valence-corrected chi connectivity index (χ2v) is 14.5. The maximum absolute atomic E-state index is 13.8. The van der Waals surface area contributed by atoms with E-state index in [0.29, 0.717) is 48.8 Å². The van der Waals surface area contributed by atoms with Gasteiger partial charge in [0.05, 0.1) is 30.7 Å². The quantitative estimate of drug-likeness (QED) is 0.555. The van der Waals surface area contributed by atoms with E-state index in [0.717, 1.165) is 11.5 Å². The molecule has 6 rings (SSSR count). The molecule has 4 aliphatic rings. The molecule has 0 radical (unpaired) electrons. The number of H-pyrrole nitrogens is 1. The minimum atomic E-state index is -3.93. The molecule has 0 bridgehead atoms. The number of hydrazone groups is 1. The first-order valence-electron chi connectivity index (χ1n) is 13.8. The Kier molecular flexibility index (Phi) is 7.98. The van der Waals surface area contributed by atoms with Gasteiger partial charge in [0.1, 0.15) is 10.1 Å². The van der Waals surface area contributed by atoms with Crippen molar-refractivity contribution >= 4 is 61.3 Å². The summed E-state index contributed by atoms with van der Waals surface area (Å²) < 4.78 is 34.2. The van der Waals surface area contributed by atoms with Crippen LogP contribution in [0.4, 0.5) is 4.79 Å². The lowest BCUT2D eigenvalue weighted by molar-refractivity contribution is -0.136. The molecular formula is C26H34ClN7O5S2. The van der Waals surface area contributed by atoms with Gasteiger partial charge < -0.3 is 19.5 Å². The van der Waals surface area contributed by atoms with Crippen molar-refractivity contribution in [1.29, 1.82) is 0 Å². The number of carbonyl (C=O) groups excluding carboxylic acids is 2. The number of fused-ring (bicyclic) bond motifs is 2. The number of piperazine rings is 1. The number of benzene rings is 1. The number of nitrogens with one attached hydrogen (secondary N) is 1. The van der Waals surface area contributed by atoms with Crippen molar-refractivity contribution in [2.75, 3.05) is 59.5 Å². The average molecular weight is 624 g/mol. The zero-order chi connectivity index (χ0) is 28.9. The summed E-state index contributed by atoms with van der Waals surface area (Å²) in [4.78, 5) is 35.7. The second-order valence-electron chi connectivity index (χ2n) is 10.8. The fourth-order valence-corrected chi connectivity index (χ4v) is 8.77. The van der Waals surface area contributed by atoms with Crippen molar-refractivity contribution < 1.29 is 22.7 Å². The van der Waals surface area contributed by atoms with Crippen LogP contribution in [0.3, 0.4) is 0 Å². The van der Waals surface area contributed by atoms with Crippen LogP contribution in [0.5, 0.6) is 0 Å². The van der Waals surface area contributed by atoms with E-state index in [-0.39, 0.29) is 54.4 Å². The summed E-state index contributed by atoms with van der Waals surface area (Å²) in [7, 11) is -1.86. The Bertz CT molecular complexity index is 1480. The van der Waals surface area contributed by atoms with E-state index >= 15 is 0 Å². The molecular weight excluding hydrogens is 590 g/mol. The van der Waals surface area contributed by atoms with Crippen molar-refractivity contribution in [3.05, 3.63) is 29.3 Å². The van der Waals surface area contributed by atoms with Gasteiger partial charge in [-0.05, 0) is 44.7 Å². The van der Waals surface area contributed by atoms with Gasteiger partial charge >= 0.3 is 6.03 Å². The van der Waals surface area contributed by atoms with E-state index in [1.807, 2.05) is 0 Å². The third kappa shape index (κ3) is 5.57. The molecule has 1 aromatic heterocycles. The lowest BCUT2D eigenvalue weighted by Gasteiger charge is -2.42. The zero-order valence-electron chi connectivity index (χ0n) is 23.0. The fraction of sp³-hybridized carbons (Fsp3) is 0.577.